The van der Waals surface area contributed by atoms with Crippen molar-refractivity contribution in [3.8, 4) is 0 Å². The zero-order valence-corrected chi connectivity index (χ0v) is 9.74. The van der Waals surface area contributed by atoms with Crippen LogP contribution in [-0.2, 0) is 16.1 Å². The van der Waals surface area contributed by atoms with Crippen molar-refractivity contribution in [2.75, 3.05) is 14.2 Å². The first-order valence-electron chi connectivity index (χ1n) is 5.07. The molecule has 0 aliphatic rings. The summed E-state index contributed by atoms with van der Waals surface area (Å²) >= 11 is 0. The molecule has 0 aliphatic carbocycles. The zero-order valence-electron chi connectivity index (χ0n) is 9.74. The molecule has 4 heteroatoms. The maximum Gasteiger partial charge on any atom is 0.251 e. The minimum absolute atomic E-state index is 0.119. The quantitative estimate of drug-likeness (QED) is 0.782. The van der Waals surface area contributed by atoms with Gasteiger partial charge in [0.15, 0.2) is 0 Å². The second-order valence-electron chi connectivity index (χ2n) is 3.70. The smallest absolute Gasteiger partial charge is 0.251 e. The molecule has 0 heterocycles. The Morgan fingerprint density at radius 2 is 2.25 bits per heavy atom. The van der Waals surface area contributed by atoms with E-state index in [0.29, 0.717) is 6.54 Å². The lowest BCUT2D eigenvalue weighted by atomic mass is 10.2. The Hall–Kier alpha value is -1.42. The molecule has 0 aromatic heterocycles. The predicted octanol–water partition coefficient (Wildman–Crippen LogP) is 1.82. The fourth-order valence-electron chi connectivity index (χ4n) is 1.40. The van der Waals surface area contributed by atoms with Crippen LogP contribution in [0.1, 0.15) is 12.5 Å². The fourth-order valence-corrected chi connectivity index (χ4v) is 1.40. The van der Waals surface area contributed by atoms with Gasteiger partial charge in [-0.15, -0.1) is 0 Å². The summed E-state index contributed by atoms with van der Waals surface area (Å²) in [6.45, 7) is 2.06. The van der Waals surface area contributed by atoms with Crippen molar-refractivity contribution in [3.63, 3.8) is 0 Å². The van der Waals surface area contributed by atoms with Crippen LogP contribution in [0.5, 0.6) is 0 Å². The van der Waals surface area contributed by atoms with Crippen LogP contribution in [0.2, 0.25) is 0 Å². The molecule has 0 saturated carbocycles. The van der Waals surface area contributed by atoms with Gasteiger partial charge in [-0.2, -0.15) is 0 Å². The molecule has 1 unspecified atom stereocenters. The molecule has 1 rings (SSSR count). The van der Waals surface area contributed by atoms with Crippen molar-refractivity contribution >= 4 is 5.91 Å². The van der Waals surface area contributed by atoms with E-state index in [9.17, 15) is 9.18 Å². The molecule has 0 saturated heterocycles. The van der Waals surface area contributed by atoms with Crippen LogP contribution in [0, 0.1) is 5.82 Å². The lowest BCUT2D eigenvalue weighted by Crippen LogP contribution is -2.35. The molecule has 16 heavy (non-hydrogen) atoms. The van der Waals surface area contributed by atoms with Gasteiger partial charge >= 0.3 is 0 Å². The Morgan fingerprint density at radius 1 is 1.56 bits per heavy atom. The van der Waals surface area contributed by atoms with Gasteiger partial charge < -0.3 is 9.64 Å². The van der Waals surface area contributed by atoms with E-state index in [2.05, 4.69) is 0 Å². The lowest BCUT2D eigenvalue weighted by Gasteiger charge is -2.20. The standard InChI is InChI=1S/C12H16FNO2/c1-9(16-3)12(15)14(2)8-10-5-4-6-11(13)7-10/h4-7,9H,8H2,1-3H3. The molecule has 1 aromatic rings. The molecule has 0 bridgehead atoms. The highest BCUT2D eigenvalue weighted by molar-refractivity contribution is 5.80. The number of benzene rings is 1. The molecular formula is C12H16FNO2. The summed E-state index contributed by atoms with van der Waals surface area (Å²) < 4.78 is 17.8. The topological polar surface area (TPSA) is 29.5 Å². The Bertz CT molecular complexity index is 368. The van der Waals surface area contributed by atoms with E-state index in [1.54, 1.807) is 26.1 Å². The summed E-state index contributed by atoms with van der Waals surface area (Å²) in [4.78, 5) is 13.2. The maximum atomic E-state index is 12.9. The third-order valence-corrected chi connectivity index (χ3v) is 2.39. The third-order valence-electron chi connectivity index (χ3n) is 2.39. The third kappa shape index (κ3) is 3.31. The van der Waals surface area contributed by atoms with Crippen LogP contribution in [0.4, 0.5) is 4.39 Å². The summed E-state index contributed by atoms with van der Waals surface area (Å²) in [7, 11) is 3.15. The molecule has 0 N–H and O–H groups in total. The predicted molar refractivity (Wildman–Crippen MR) is 59.3 cm³/mol. The normalized spacial score (nSPS) is 12.2. The van der Waals surface area contributed by atoms with Gasteiger partial charge in [-0.05, 0) is 24.6 Å². The average Bonchev–Trinajstić information content (AvgIpc) is 2.27. The number of carbonyl (C=O) groups excluding carboxylic acids is 1. The van der Waals surface area contributed by atoms with Crippen LogP contribution in [0.25, 0.3) is 0 Å². The Labute approximate surface area is 94.8 Å². The first-order valence-corrected chi connectivity index (χ1v) is 5.07. The summed E-state index contributed by atoms with van der Waals surface area (Å²) in [5.41, 5.74) is 0.763. The van der Waals surface area contributed by atoms with Crippen molar-refractivity contribution < 1.29 is 13.9 Å². The number of halogens is 1. The molecule has 88 valence electrons. The minimum Gasteiger partial charge on any atom is -0.372 e. The van der Waals surface area contributed by atoms with Crippen LogP contribution in [0.15, 0.2) is 24.3 Å². The zero-order chi connectivity index (χ0) is 12.1. The first kappa shape index (κ1) is 12.6. The second-order valence-corrected chi connectivity index (χ2v) is 3.70. The number of amides is 1. The van der Waals surface area contributed by atoms with E-state index in [1.807, 2.05) is 0 Å². The van der Waals surface area contributed by atoms with Crippen LogP contribution >= 0.6 is 0 Å². The van der Waals surface area contributed by atoms with E-state index >= 15 is 0 Å². The van der Waals surface area contributed by atoms with E-state index in [4.69, 9.17) is 4.74 Å². The molecule has 0 radical (unpaired) electrons. The monoisotopic (exact) mass is 225 g/mol. The van der Waals surface area contributed by atoms with Gasteiger partial charge in [0.1, 0.15) is 11.9 Å². The second kappa shape index (κ2) is 5.61. The van der Waals surface area contributed by atoms with E-state index in [1.165, 1.54) is 24.1 Å². The largest absolute Gasteiger partial charge is 0.372 e. The number of carbonyl (C=O) groups is 1. The van der Waals surface area contributed by atoms with Gasteiger partial charge in [0, 0.05) is 20.7 Å². The van der Waals surface area contributed by atoms with Gasteiger partial charge in [-0.3, -0.25) is 4.79 Å². The van der Waals surface area contributed by atoms with Crippen LogP contribution < -0.4 is 0 Å². The van der Waals surface area contributed by atoms with Gasteiger partial charge in [0.2, 0.25) is 0 Å². The van der Waals surface area contributed by atoms with E-state index < -0.39 is 6.10 Å². The van der Waals surface area contributed by atoms with Crippen LogP contribution in [-0.4, -0.2) is 31.1 Å². The number of ether oxygens (including phenoxy) is 1. The van der Waals surface area contributed by atoms with Crippen molar-refractivity contribution in [2.45, 2.75) is 19.6 Å². The SMILES string of the molecule is COC(C)C(=O)N(C)Cc1cccc(F)c1. The Kier molecular flexibility index (Phi) is 4.43. The molecular weight excluding hydrogens is 209 g/mol. The van der Waals surface area contributed by atoms with Gasteiger partial charge in [-0.25, -0.2) is 4.39 Å². The fraction of sp³-hybridized carbons (Fsp3) is 0.417. The van der Waals surface area contributed by atoms with Crippen molar-refractivity contribution in [1.29, 1.82) is 0 Å². The minimum atomic E-state index is -0.474. The number of likely N-dealkylation sites (N-methyl/N-ethyl adjacent to an activating group) is 1. The lowest BCUT2D eigenvalue weighted by molar-refractivity contribution is -0.140. The molecule has 0 spiro atoms. The van der Waals surface area contributed by atoms with Crippen molar-refractivity contribution in [3.05, 3.63) is 35.6 Å². The number of hydrogen-bond donors (Lipinski definition) is 0. The number of methoxy groups -OCH3 is 1. The molecule has 1 amide bonds. The highest BCUT2D eigenvalue weighted by Crippen LogP contribution is 2.07. The molecule has 3 nitrogen and oxygen atoms in total. The molecule has 1 atom stereocenters. The summed E-state index contributed by atoms with van der Waals surface area (Å²) in [5, 5.41) is 0. The average molecular weight is 225 g/mol. The first-order chi connectivity index (χ1) is 7.54. The van der Waals surface area contributed by atoms with Crippen LogP contribution in [0.3, 0.4) is 0 Å². The summed E-state index contributed by atoms with van der Waals surface area (Å²) in [5.74, 6) is -0.412. The van der Waals surface area contributed by atoms with E-state index in [-0.39, 0.29) is 11.7 Å². The molecule has 1 aromatic carbocycles. The van der Waals surface area contributed by atoms with Crippen molar-refractivity contribution in [2.24, 2.45) is 0 Å². The Morgan fingerprint density at radius 3 is 2.81 bits per heavy atom. The highest BCUT2D eigenvalue weighted by atomic mass is 19.1. The molecule has 0 aliphatic heterocycles. The number of rotatable bonds is 4. The van der Waals surface area contributed by atoms with Gasteiger partial charge in [0.05, 0.1) is 0 Å². The highest BCUT2D eigenvalue weighted by Gasteiger charge is 2.16. The summed E-state index contributed by atoms with van der Waals surface area (Å²) in [6, 6.07) is 6.21. The summed E-state index contributed by atoms with van der Waals surface area (Å²) in [6.07, 6.45) is -0.474. The number of hydrogen-bond acceptors (Lipinski definition) is 2. The number of nitrogens with zero attached hydrogens (tertiary/aromatic N) is 1. The van der Waals surface area contributed by atoms with E-state index in [0.717, 1.165) is 5.56 Å². The Balaban J connectivity index is 2.64. The van der Waals surface area contributed by atoms with Gasteiger partial charge in [-0.1, -0.05) is 12.1 Å². The van der Waals surface area contributed by atoms with Crippen molar-refractivity contribution in [1.82, 2.24) is 4.90 Å². The van der Waals surface area contributed by atoms with Gasteiger partial charge in [0.25, 0.3) is 5.91 Å². The maximum absolute atomic E-state index is 12.9. The molecule has 0 fully saturated rings.